The Morgan fingerprint density at radius 1 is 0.792 bits per heavy atom. The van der Waals surface area contributed by atoms with Crippen molar-refractivity contribution < 1.29 is 49.6 Å². The second kappa shape index (κ2) is 8.32. The molecule has 0 amide bonds. The number of ether oxygens (including phenoxy) is 4. The van der Waals surface area contributed by atoms with E-state index in [2.05, 4.69) is 0 Å². The van der Waals surface area contributed by atoms with Gasteiger partial charge >= 0.3 is 0 Å². The number of hydrogen-bond donors (Lipinski definition) is 6. The zero-order valence-electron chi connectivity index (χ0n) is 13.5. The van der Waals surface area contributed by atoms with Gasteiger partial charge in [0.1, 0.15) is 30.5 Å². The van der Waals surface area contributed by atoms with E-state index in [9.17, 15) is 30.6 Å². The lowest BCUT2D eigenvalue weighted by Crippen LogP contribution is -2.63. The summed E-state index contributed by atoms with van der Waals surface area (Å²) in [4.78, 5) is 0. The summed E-state index contributed by atoms with van der Waals surface area (Å²) in [6.07, 6.45) is -11.2. The van der Waals surface area contributed by atoms with E-state index < -0.39 is 74.4 Å². The molecule has 0 saturated carbocycles. The van der Waals surface area contributed by atoms with Crippen LogP contribution in [0.3, 0.4) is 0 Å². The Labute approximate surface area is 139 Å². The summed E-state index contributed by atoms with van der Waals surface area (Å²) in [6, 6.07) is 0. The van der Waals surface area contributed by atoms with E-state index in [1.54, 1.807) is 6.92 Å². The summed E-state index contributed by atoms with van der Waals surface area (Å²) in [5, 5.41) is 59.0. The van der Waals surface area contributed by atoms with E-state index in [1.165, 1.54) is 7.11 Å². The molecule has 2 rings (SSSR count). The second-order valence-electron chi connectivity index (χ2n) is 6.11. The molecule has 2 fully saturated rings. The van der Waals surface area contributed by atoms with Gasteiger partial charge in [0, 0.05) is 13.0 Å². The number of aliphatic hydroxyl groups excluding tert-OH is 6. The Morgan fingerprint density at radius 3 is 1.88 bits per heavy atom. The monoisotopic (exact) mass is 354 g/mol. The fourth-order valence-electron chi connectivity index (χ4n) is 2.96. The summed E-state index contributed by atoms with van der Waals surface area (Å²) in [7, 11) is 1.27. The first kappa shape index (κ1) is 19.9. The molecule has 0 unspecified atom stereocenters. The Hall–Kier alpha value is -0.400. The van der Waals surface area contributed by atoms with Crippen molar-refractivity contribution in [3.8, 4) is 0 Å². The molecule has 142 valence electrons. The molecule has 0 bridgehead atoms. The lowest BCUT2D eigenvalue weighted by Gasteiger charge is -2.46. The van der Waals surface area contributed by atoms with Gasteiger partial charge in [-0.25, -0.2) is 0 Å². The van der Waals surface area contributed by atoms with Gasteiger partial charge < -0.3 is 49.6 Å². The van der Waals surface area contributed by atoms with Crippen LogP contribution in [0.1, 0.15) is 6.92 Å². The van der Waals surface area contributed by atoms with E-state index in [4.69, 9.17) is 18.9 Å². The maximum Gasteiger partial charge on any atom is 0.187 e. The lowest BCUT2D eigenvalue weighted by molar-refractivity contribution is -0.353. The quantitative estimate of drug-likeness (QED) is 0.293. The van der Waals surface area contributed by atoms with Crippen LogP contribution in [0.2, 0.25) is 0 Å². The zero-order chi connectivity index (χ0) is 18.0. The Balaban J connectivity index is 2.12. The van der Waals surface area contributed by atoms with Gasteiger partial charge in [0.2, 0.25) is 0 Å². The Bertz CT molecular complexity index is 392. The molecule has 2 heterocycles. The lowest BCUT2D eigenvalue weighted by atomic mass is 9.91. The van der Waals surface area contributed by atoms with Crippen LogP contribution in [-0.4, -0.2) is 106 Å². The van der Waals surface area contributed by atoms with Gasteiger partial charge in [-0.05, 0) is 0 Å². The van der Waals surface area contributed by atoms with Crippen molar-refractivity contribution in [1.29, 1.82) is 0 Å². The largest absolute Gasteiger partial charge is 0.394 e. The van der Waals surface area contributed by atoms with Crippen molar-refractivity contribution >= 4 is 0 Å². The van der Waals surface area contributed by atoms with Crippen LogP contribution in [0.25, 0.3) is 0 Å². The summed E-state index contributed by atoms with van der Waals surface area (Å²) in [5.74, 6) is -0.533. The second-order valence-corrected chi connectivity index (χ2v) is 6.11. The number of aliphatic hydroxyl groups is 6. The molecule has 10 atom stereocenters. The fraction of sp³-hybridized carbons (Fsp3) is 1.00. The number of rotatable bonds is 5. The minimum Gasteiger partial charge on any atom is -0.394 e. The van der Waals surface area contributed by atoms with Gasteiger partial charge in [0.25, 0.3) is 0 Å². The van der Waals surface area contributed by atoms with Crippen LogP contribution in [-0.2, 0) is 18.9 Å². The smallest absolute Gasteiger partial charge is 0.187 e. The van der Waals surface area contributed by atoms with E-state index >= 15 is 0 Å². The highest BCUT2D eigenvalue weighted by molar-refractivity contribution is 4.93. The van der Waals surface area contributed by atoms with Crippen LogP contribution in [0.15, 0.2) is 0 Å². The van der Waals surface area contributed by atoms with Crippen molar-refractivity contribution in [2.75, 3.05) is 20.3 Å². The third-order valence-corrected chi connectivity index (χ3v) is 4.59. The average Bonchev–Trinajstić information content (AvgIpc) is 2.59. The normalized spacial score (nSPS) is 50.0. The summed E-state index contributed by atoms with van der Waals surface area (Å²) in [5.41, 5.74) is 0. The van der Waals surface area contributed by atoms with Crippen molar-refractivity contribution in [1.82, 2.24) is 0 Å². The van der Waals surface area contributed by atoms with Crippen LogP contribution >= 0.6 is 0 Å². The van der Waals surface area contributed by atoms with E-state index in [0.717, 1.165) is 0 Å². The number of hydrogen-bond acceptors (Lipinski definition) is 10. The van der Waals surface area contributed by atoms with Crippen LogP contribution in [0, 0.1) is 5.92 Å². The van der Waals surface area contributed by atoms with Gasteiger partial charge in [-0.3, -0.25) is 0 Å². The number of methoxy groups -OCH3 is 1. The van der Waals surface area contributed by atoms with Crippen LogP contribution in [0.4, 0.5) is 0 Å². The summed E-state index contributed by atoms with van der Waals surface area (Å²) < 4.78 is 21.1. The van der Waals surface area contributed by atoms with E-state index in [1.807, 2.05) is 0 Å². The van der Waals surface area contributed by atoms with E-state index in [0.29, 0.717) is 0 Å². The molecule has 2 saturated heterocycles. The predicted octanol–water partition coefficient (Wildman–Crippen LogP) is -3.47. The first-order valence-corrected chi connectivity index (χ1v) is 7.78. The molecule has 24 heavy (non-hydrogen) atoms. The molecule has 0 aromatic carbocycles. The van der Waals surface area contributed by atoms with Gasteiger partial charge in [-0.1, -0.05) is 6.92 Å². The van der Waals surface area contributed by atoms with E-state index in [-0.39, 0.29) is 0 Å². The molecule has 2 aliphatic rings. The standard InChI is InChI=1S/C14H26O10/c1-5-6(3-15)22-14(10(19)8(5)17)24-12-7(4-16)23-13(21-2)11(20)9(12)18/h5-20H,3-4H2,1-2H3/t5-,6+,7+,8+,9+,10-,11-,12-,13-,14+/m0/s1. The SMILES string of the molecule is CO[C@H]1O[C@H](CO)[C@H](O[C@H]2O[C@H](CO)[C@H](C)[C@@H](O)[C@@H]2O)[C@H](O)[C@@H]1O. The molecular formula is C14H26O10. The molecule has 0 aromatic heterocycles. The third kappa shape index (κ3) is 3.73. The molecule has 6 N–H and O–H groups in total. The molecule has 0 radical (unpaired) electrons. The highest BCUT2D eigenvalue weighted by Crippen LogP contribution is 2.31. The zero-order valence-corrected chi connectivity index (χ0v) is 13.5. The first-order chi connectivity index (χ1) is 11.3. The Kier molecular flexibility index (Phi) is 6.90. The topological polar surface area (TPSA) is 158 Å². The van der Waals surface area contributed by atoms with Gasteiger partial charge in [-0.2, -0.15) is 0 Å². The van der Waals surface area contributed by atoms with Gasteiger partial charge in [0.05, 0.1) is 25.4 Å². The maximum atomic E-state index is 10.2. The average molecular weight is 354 g/mol. The fourth-order valence-corrected chi connectivity index (χ4v) is 2.96. The molecule has 0 aliphatic carbocycles. The molecule has 10 heteroatoms. The summed E-state index contributed by atoms with van der Waals surface area (Å²) in [6.45, 7) is 0.666. The highest BCUT2D eigenvalue weighted by atomic mass is 16.7. The van der Waals surface area contributed by atoms with Gasteiger partial charge in [-0.15, -0.1) is 0 Å². The molecule has 0 aromatic rings. The van der Waals surface area contributed by atoms with Crippen molar-refractivity contribution in [3.05, 3.63) is 0 Å². The van der Waals surface area contributed by atoms with Crippen molar-refractivity contribution in [2.24, 2.45) is 5.92 Å². The minimum absolute atomic E-state index is 0.396. The molecule has 10 nitrogen and oxygen atoms in total. The predicted molar refractivity (Wildman–Crippen MR) is 76.6 cm³/mol. The Morgan fingerprint density at radius 2 is 1.33 bits per heavy atom. The highest BCUT2D eigenvalue weighted by Gasteiger charge is 2.49. The molecular weight excluding hydrogens is 328 g/mol. The minimum atomic E-state index is -1.49. The molecule has 0 spiro atoms. The third-order valence-electron chi connectivity index (χ3n) is 4.59. The van der Waals surface area contributed by atoms with Crippen LogP contribution < -0.4 is 0 Å². The summed E-state index contributed by atoms with van der Waals surface area (Å²) >= 11 is 0. The van der Waals surface area contributed by atoms with Crippen molar-refractivity contribution in [3.63, 3.8) is 0 Å². The van der Waals surface area contributed by atoms with Crippen LogP contribution in [0.5, 0.6) is 0 Å². The first-order valence-electron chi connectivity index (χ1n) is 7.78. The maximum absolute atomic E-state index is 10.2. The van der Waals surface area contributed by atoms with Crippen molar-refractivity contribution in [2.45, 2.75) is 62.2 Å². The molecule has 2 aliphatic heterocycles. The van der Waals surface area contributed by atoms with Gasteiger partial charge in [0.15, 0.2) is 12.6 Å².